The Labute approximate surface area is 52.5 Å². The molecule has 0 saturated carbocycles. The number of hydrogen-bond donors (Lipinski definition) is 1. The zero-order chi connectivity index (χ0) is 6.69. The fraction of sp³-hybridized carbons (Fsp3) is 0.400. The van der Waals surface area contributed by atoms with E-state index in [4.69, 9.17) is 5.90 Å². The number of nitrogens with zero attached hydrogens (tertiary/aromatic N) is 1. The second-order valence-corrected chi connectivity index (χ2v) is 1.70. The van der Waals surface area contributed by atoms with E-state index in [0.717, 1.165) is 0 Å². The van der Waals surface area contributed by atoms with Crippen LogP contribution in [0.15, 0.2) is 16.9 Å². The van der Waals surface area contributed by atoms with Crippen LogP contribution < -0.4 is 5.90 Å². The molecule has 0 radical (unpaired) electrons. The highest BCUT2D eigenvalue weighted by Crippen LogP contribution is 2.10. The van der Waals surface area contributed by atoms with Gasteiger partial charge in [0.25, 0.3) is 0 Å². The van der Waals surface area contributed by atoms with Crippen molar-refractivity contribution in [2.45, 2.75) is 13.0 Å². The Morgan fingerprint density at radius 2 is 2.67 bits per heavy atom. The van der Waals surface area contributed by atoms with Gasteiger partial charge in [-0.25, -0.2) is 5.90 Å². The molecule has 1 unspecified atom stereocenters. The van der Waals surface area contributed by atoms with E-state index >= 15 is 0 Å². The van der Waals surface area contributed by atoms with Crippen LogP contribution in [0.4, 0.5) is 0 Å². The smallest absolute Gasteiger partial charge is 0.124 e. The zero-order valence-corrected chi connectivity index (χ0v) is 5.07. The minimum Gasteiger partial charge on any atom is -0.364 e. The lowest BCUT2D eigenvalue weighted by Crippen LogP contribution is -2.05. The van der Waals surface area contributed by atoms with E-state index in [-0.39, 0.29) is 6.10 Å². The first-order chi connectivity index (χ1) is 4.34. The third-order valence-corrected chi connectivity index (χ3v) is 1.08. The van der Waals surface area contributed by atoms with E-state index in [2.05, 4.69) is 14.5 Å². The summed E-state index contributed by atoms with van der Waals surface area (Å²) >= 11 is 0. The lowest BCUT2D eigenvalue weighted by Gasteiger charge is -2.00. The van der Waals surface area contributed by atoms with E-state index in [1.807, 2.05) is 0 Å². The van der Waals surface area contributed by atoms with E-state index in [0.29, 0.717) is 5.69 Å². The Balaban J connectivity index is 2.65. The van der Waals surface area contributed by atoms with Gasteiger partial charge in [-0.3, -0.25) is 4.84 Å². The van der Waals surface area contributed by atoms with Crippen LogP contribution in [0.5, 0.6) is 0 Å². The first-order valence-electron chi connectivity index (χ1n) is 2.60. The topological polar surface area (TPSA) is 61.3 Å². The second-order valence-electron chi connectivity index (χ2n) is 1.70. The lowest BCUT2D eigenvalue weighted by molar-refractivity contribution is 0.0611. The zero-order valence-electron chi connectivity index (χ0n) is 5.07. The van der Waals surface area contributed by atoms with E-state index in [1.165, 1.54) is 6.26 Å². The highest BCUT2D eigenvalue weighted by Gasteiger charge is 2.05. The van der Waals surface area contributed by atoms with Gasteiger partial charge >= 0.3 is 0 Å². The van der Waals surface area contributed by atoms with E-state index < -0.39 is 0 Å². The summed E-state index contributed by atoms with van der Waals surface area (Å²) < 4.78 is 4.55. The molecule has 2 N–H and O–H groups in total. The number of rotatable bonds is 2. The maximum absolute atomic E-state index is 4.88. The average molecular weight is 128 g/mol. The molecular weight excluding hydrogens is 120 g/mol. The van der Waals surface area contributed by atoms with Crippen LogP contribution in [-0.2, 0) is 4.84 Å². The first-order valence-corrected chi connectivity index (χ1v) is 2.60. The Bertz CT molecular complexity index is 161. The lowest BCUT2D eigenvalue weighted by atomic mass is 10.3. The van der Waals surface area contributed by atoms with Crippen molar-refractivity contribution < 1.29 is 9.36 Å². The molecule has 1 heterocycles. The number of nitrogens with two attached hydrogens (primary N) is 1. The normalized spacial score (nSPS) is 13.6. The maximum Gasteiger partial charge on any atom is 0.124 e. The standard InChI is InChI=1S/C5H8N2O2/c1-4(9-6)5-2-3-8-7-5/h2-4H,6H2,1H3. The molecule has 1 atom stereocenters. The van der Waals surface area contributed by atoms with Crippen molar-refractivity contribution in [3.63, 3.8) is 0 Å². The largest absolute Gasteiger partial charge is 0.364 e. The molecule has 0 spiro atoms. The quantitative estimate of drug-likeness (QED) is 0.593. The summed E-state index contributed by atoms with van der Waals surface area (Å²) in [6, 6.07) is 1.71. The Morgan fingerprint density at radius 3 is 3.11 bits per heavy atom. The van der Waals surface area contributed by atoms with Gasteiger partial charge in [0, 0.05) is 6.07 Å². The molecule has 0 fully saturated rings. The van der Waals surface area contributed by atoms with E-state index in [9.17, 15) is 0 Å². The van der Waals surface area contributed by atoms with Crippen LogP contribution in [0.1, 0.15) is 18.7 Å². The number of aromatic nitrogens is 1. The van der Waals surface area contributed by atoms with Gasteiger partial charge in [0.2, 0.25) is 0 Å². The van der Waals surface area contributed by atoms with Crippen LogP contribution in [-0.4, -0.2) is 5.16 Å². The molecular formula is C5H8N2O2. The summed E-state index contributed by atoms with van der Waals surface area (Å²) in [6.45, 7) is 1.79. The van der Waals surface area contributed by atoms with Crippen molar-refractivity contribution in [2.75, 3.05) is 0 Å². The van der Waals surface area contributed by atoms with Crippen molar-refractivity contribution in [3.05, 3.63) is 18.0 Å². The molecule has 1 aromatic heterocycles. The van der Waals surface area contributed by atoms with Crippen molar-refractivity contribution in [3.8, 4) is 0 Å². The van der Waals surface area contributed by atoms with Crippen molar-refractivity contribution in [2.24, 2.45) is 5.90 Å². The van der Waals surface area contributed by atoms with Gasteiger partial charge in [-0.2, -0.15) is 0 Å². The van der Waals surface area contributed by atoms with Crippen LogP contribution in [0.2, 0.25) is 0 Å². The molecule has 4 heteroatoms. The minimum absolute atomic E-state index is 0.191. The van der Waals surface area contributed by atoms with Gasteiger partial charge < -0.3 is 4.52 Å². The van der Waals surface area contributed by atoms with Crippen LogP contribution in [0.25, 0.3) is 0 Å². The molecule has 1 aromatic rings. The highest BCUT2D eigenvalue weighted by molar-refractivity contribution is 4.98. The molecule has 0 amide bonds. The van der Waals surface area contributed by atoms with Gasteiger partial charge in [-0.05, 0) is 6.92 Å². The van der Waals surface area contributed by atoms with Gasteiger partial charge in [-0.1, -0.05) is 5.16 Å². The molecule has 50 valence electrons. The first kappa shape index (κ1) is 6.25. The third-order valence-electron chi connectivity index (χ3n) is 1.08. The van der Waals surface area contributed by atoms with Crippen molar-refractivity contribution >= 4 is 0 Å². The molecule has 0 aliphatic heterocycles. The average Bonchev–Trinajstić information content (AvgIpc) is 2.37. The SMILES string of the molecule is CC(ON)c1ccon1. The Morgan fingerprint density at radius 1 is 1.89 bits per heavy atom. The fourth-order valence-corrected chi connectivity index (χ4v) is 0.501. The Hall–Kier alpha value is -0.870. The summed E-state index contributed by atoms with van der Waals surface area (Å²) in [5, 5.41) is 3.61. The van der Waals surface area contributed by atoms with Gasteiger partial charge in [-0.15, -0.1) is 0 Å². The molecule has 0 aromatic carbocycles. The van der Waals surface area contributed by atoms with Crippen LogP contribution >= 0.6 is 0 Å². The Kier molecular flexibility index (Phi) is 1.81. The van der Waals surface area contributed by atoms with Gasteiger partial charge in [0.1, 0.15) is 18.1 Å². The third kappa shape index (κ3) is 1.28. The van der Waals surface area contributed by atoms with Crippen molar-refractivity contribution in [1.82, 2.24) is 5.16 Å². The molecule has 4 nitrogen and oxygen atoms in total. The monoisotopic (exact) mass is 128 g/mol. The predicted molar refractivity (Wildman–Crippen MR) is 30.2 cm³/mol. The highest BCUT2D eigenvalue weighted by atomic mass is 16.6. The maximum atomic E-state index is 4.88. The van der Waals surface area contributed by atoms with Gasteiger partial charge in [0.15, 0.2) is 0 Å². The van der Waals surface area contributed by atoms with Crippen LogP contribution in [0.3, 0.4) is 0 Å². The molecule has 1 rings (SSSR count). The molecule has 0 aliphatic rings. The summed E-state index contributed by atoms with van der Waals surface area (Å²) in [6.07, 6.45) is 1.29. The number of hydrogen-bond acceptors (Lipinski definition) is 4. The second kappa shape index (κ2) is 2.61. The summed E-state index contributed by atoms with van der Waals surface area (Å²) in [5.41, 5.74) is 0.706. The summed E-state index contributed by atoms with van der Waals surface area (Å²) in [5.74, 6) is 4.88. The fourth-order valence-electron chi connectivity index (χ4n) is 0.501. The summed E-state index contributed by atoms with van der Waals surface area (Å²) in [7, 11) is 0. The summed E-state index contributed by atoms with van der Waals surface area (Å²) in [4.78, 5) is 4.47. The predicted octanol–water partition coefficient (Wildman–Crippen LogP) is 0.626. The van der Waals surface area contributed by atoms with Crippen molar-refractivity contribution in [1.29, 1.82) is 0 Å². The van der Waals surface area contributed by atoms with Crippen LogP contribution in [0, 0.1) is 0 Å². The molecule has 9 heavy (non-hydrogen) atoms. The van der Waals surface area contributed by atoms with E-state index in [1.54, 1.807) is 13.0 Å². The molecule has 0 saturated heterocycles. The molecule has 0 bridgehead atoms. The molecule has 0 aliphatic carbocycles. The van der Waals surface area contributed by atoms with Gasteiger partial charge in [0.05, 0.1) is 0 Å². The minimum atomic E-state index is -0.191.